The van der Waals surface area contributed by atoms with E-state index in [4.69, 9.17) is 16.3 Å². The normalized spacial score (nSPS) is 12.3. The van der Waals surface area contributed by atoms with Crippen LogP contribution in [0.4, 0.5) is 13.2 Å². The average Bonchev–Trinajstić information content (AvgIpc) is 2.98. The van der Waals surface area contributed by atoms with E-state index in [2.05, 4.69) is 23.1 Å². The average molecular weight is 414 g/mol. The standard InChI is InChI=1S/C18H19ClF3N3OSi/c1-27(2)8-7-26-11-25-15(9-13-14(19)5-6-23-17(13)25)12-3-4-16(24-10-12)18(20,21)22/h3-6,9-10,27H,7-8,11H2,1-2H3. The second kappa shape index (κ2) is 8.00. The van der Waals surface area contributed by atoms with Gasteiger partial charge in [0.2, 0.25) is 0 Å². The molecule has 0 amide bonds. The summed E-state index contributed by atoms with van der Waals surface area (Å²) >= 11 is 6.26. The number of rotatable bonds is 6. The summed E-state index contributed by atoms with van der Waals surface area (Å²) in [7, 11) is -0.720. The first-order valence-corrected chi connectivity index (χ1v) is 12.0. The quantitative estimate of drug-likeness (QED) is 0.410. The molecule has 0 aliphatic rings. The van der Waals surface area contributed by atoms with Gasteiger partial charge in [0.05, 0.1) is 10.7 Å². The van der Waals surface area contributed by atoms with Crippen molar-refractivity contribution >= 4 is 31.4 Å². The molecule has 3 rings (SSSR count). The van der Waals surface area contributed by atoms with Crippen molar-refractivity contribution in [2.45, 2.75) is 32.0 Å². The van der Waals surface area contributed by atoms with Crippen LogP contribution in [0.15, 0.2) is 36.7 Å². The van der Waals surface area contributed by atoms with Crippen molar-refractivity contribution in [3.8, 4) is 11.3 Å². The molecule has 0 aromatic carbocycles. The van der Waals surface area contributed by atoms with Crippen LogP contribution in [0.2, 0.25) is 24.2 Å². The third-order valence-corrected chi connectivity index (χ3v) is 5.87. The lowest BCUT2D eigenvalue weighted by atomic mass is 10.2. The first kappa shape index (κ1) is 19.8. The molecule has 0 radical (unpaired) electrons. The van der Waals surface area contributed by atoms with Crippen molar-refractivity contribution < 1.29 is 17.9 Å². The second-order valence-corrected chi connectivity index (χ2v) is 10.4. The van der Waals surface area contributed by atoms with Crippen molar-refractivity contribution in [2.24, 2.45) is 0 Å². The van der Waals surface area contributed by atoms with E-state index in [0.717, 1.165) is 17.5 Å². The van der Waals surface area contributed by atoms with Crippen molar-refractivity contribution in [1.29, 1.82) is 0 Å². The van der Waals surface area contributed by atoms with E-state index in [-0.39, 0.29) is 6.73 Å². The Labute approximate surface area is 161 Å². The molecular formula is C18H19ClF3N3OSi. The second-order valence-electron chi connectivity index (χ2n) is 6.64. The number of pyridine rings is 2. The molecule has 0 bridgehead atoms. The minimum Gasteiger partial charge on any atom is -0.361 e. The predicted octanol–water partition coefficient (Wildman–Crippen LogP) is 5.23. The Morgan fingerprint density at radius 2 is 1.96 bits per heavy atom. The zero-order valence-corrected chi connectivity index (χ0v) is 16.8. The van der Waals surface area contributed by atoms with Gasteiger partial charge in [-0.25, -0.2) is 4.98 Å². The molecule has 3 heterocycles. The van der Waals surface area contributed by atoms with E-state index in [0.29, 0.717) is 28.5 Å². The summed E-state index contributed by atoms with van der Waals surface area (Å²) in [5.41, 5.74) is 0.898. The zero-order valence-electron chi connectivity index (χ0n) is 14.9. The van der Waals surface area contributed by atoms with Crippen LogP contribution < -0.4 is 0 Å². The topological polar surface area (TPSA) is 39.9 Å². The number of fused-ring (bicyclic) bond motifs is 1. The molecule has 0 aliphatic carbocycles. The monoisotopic (exact) mass is 413 g/mol. The van der Waals surface area contributed by atoms with Gasteiger partial charge in [0.1, 0.15) is 18.1 Å². The molecule has 27 heavy (non-hydrogen) atoms. The van der Waals surface area contributed by atoms with Crippen molar-refractivity contribution in [3.63, 3.8) is 0 Å². The smallest absolute Gasteiger partial charge is 0.361 e. The highest BCUT2D eigenvalue weighted by Gasteiger charge is 2.32. The fraction of sp³-hybridized carbons (Fsp3) is 0.333. The number of nitrogens with zero attached hydrogens (tertiary/aromatic N) is 3. The Morgan fingerprint density at radius 1 is 1.19 bits per heavy atom. The van der Waals surface area contributed by atoms with E-state index in [1.807, 2.05) is 4.57 Å². The van der Waals surface area contributed by atoms with Crippen LogP contribution >= 0.6 is 11.6 Å². The largest absolute Gasteiger partial charge is 0.433 e. The van der Waals surface area contributed by atoms with Crippen molar-refractivity contribution in [1.82, 2.24) is 14.5 Å². The molecule has 3 aromatic heterocycles. The van der Waals surface area contributed by atoms with E-state index in [9.17, 15) is 13.2 Å². The Kier molecular flexibility index (Phi) is 5.88. The van der Waals surface area contributed by atoms with Crippen molar-refractivity contribution in [2.75, 3.05) is 6.61 Å². The van der Waals surface area contributed by atoms with Crippen LogP contribution in [0.5, 0.6) is 0 Å². The van der Waals surface area contributed by atoms with Gasteiger partial charge in [0.15, 0.2) is 0 Å². The fourth-order valence-corrected chi connectivity index (χ4v) is 3.51. The van der Waals surface area contributed by atoms with Crippen LogP contribution in [-0.2, 0) is 17.6 Å². The van der Waals surface area contributed by atoms with Gasteiger partial charge in [-0.3, -0.25) is 4.98 Å². The Morgan fingerprint density at radius 3 is 2.59 bits per heavy atom. The van der Waals surface area contributed by atoms with E-state index >= 15 is 0 Å². The highest BCUT2D eigenvalue weighted by Crippen LogP contribution is 2.33. The Hall–Kier alpha value is -1.90. The minimum absolute atomic E-state index is 0.244. The summed E-state index contributed by atoms with van der Waals surface area (Å²) in [5, 5.41) is 1.24. The summed E-state index contributed by atoms with van der Waals surface area (Å²) in [6.07, 6.45) is -1.67. The predicted molar refractivity (Wildman–Crippen MR) is 103 cm³/mol. The number of hydrogen-bond acceptors (Lipinski definition) is 3. The maximum atomic E-state index is 12.8. The van der Waals surface area contributed by atoms with E-state index in [1.165, 1.54) is 12.3 Å². The van der Waals surface area contributed by atoms with Gasteiger partial charge in [-0.2, -0.15) is 13.2 Å². The number of hydrogen-bond donors (Lipinski definition) is 0. The number of aromatic nitrogens is 3. The van der Waals surface area contributed by atoms with E-state index < -0.39 is 20.7 Å². The molecule has 4 nitrogen and oxygen atoms in total. The van der Waals surface area contributed by atoms with Gasteiger partial charge in [-0.15, -0.1) is 0 Å². The van der Waals surface area contributed by atoms with Gasteiger partial charge in [-0.1, -0.05) is 24.7 Å². The summed E-state index contributed by atoms with van der Waals surface area (Å²) in [6.45, 7) is 5.37. The minimum atomic E-state index is -4.47. The Bertz CT molecular complexity index is 926. The highest BCUT2D eigenvalue weighted by atomic mass is 35.5. The van der Waals surface area contributed by atoms with Crippen LogP contribution in [-0.4, -0.2) is 29.9 Å². The lowest BCUT2D eigenvalue weighted by Gasteiger charge is -2.12. The molecule has 0 N–H and O–H groups in total. The molecule has 9 heteroatoms. The molecular weight excluding hydrogens is 395 g/mol. The molecule has 0 saturated carbocycles. The zero-order chi connectivity index (χ0) is 19.6. The van der Waals surface area contributed by atoms with Crippen molar-refractivity contribution in [3.05, 3.63) is 47.4 Å². The number of alkyl halides is 3. The van der Waals surface area contributed by atoms with Gasteiger partial charge < -0.3 is 9.30 Å². The molecule has 0 spiro atoms. The maximum Gasteiger partial charge on any atom is 0.433 e. The Balaban J connectivity index is 1.98. The summed E-state index contributed by atoms with van der Waals surface area (Å²) in [4.78, 5) is 7.92. The van der Waals surface area contributed by atoms with Crippen LogP contribution in [0.25, 0.3) is 22.3 Å². The van der Waals surface area contributed by atoms with Gasteiger partial charge in [0.25, 0.3) is 0 Å². The maximum absolute atomic E-state index is 12.8. The molecule has 0 aliphatic heterocycles. The summed E-state index contributed by atoms with van der Waals surface area (Å²) in [5.74, 6) is 0. The number of ether oxygens (including phenoxy) is 1. The van der Waals surface area contributed by atoms with E-state index in [1.54, 1.807) is 18.3 Å². The molecule has 0 atom stereocenters. The van der Waals surface area contributed by atoms with Gasteiger partial charge in [0, 0.05) is 38.7 Å². The number of halogens is 4. The van der Waals surface area contributed by atoms with Gasteiger partial charge in [-0.05, 0) is 30.3 Å². The third kappa shape index (κ3) is 4.51. The molecule has 0 fully saturated rings. The molecule has 144 valence electrons. The highest BCUT2D eigenvalue weighted by molar-refractivity contribution is 6.55. The lowest BCUT2D eigenvalue weighted by molar-refractivity contribution is -0.141. The molecule has 0 unspecified atom stereocenters. The molecule has 0 saturated heterocycles. The van der Waals surface area contributed by atoms with Crippen LogP contribution in [0.1, 0.15) is 5.69 Å². The third-order valence-electron chi connectivity index (χ3n) is 4.15. The summed E-state index contributed by atoms with van der Waals surface area (Å²) < 4.78 is 45.9. The summed E-state index contributed by atoms with van der Waals surface area (Å²) in [6, 6.07) is 6.89. The fourth-order valence-electron chi connectivity index (χ4n) is 2.67. The van der Waals surface area contributed by atoms with Crippen LogP contribution in [0, 0.1) is 0 Å². The molecule has 3 aromatic rings. The first-order chi connectivity index (χ1) is 12.8. The SMILES string of the molecule is C[SiH](C)CCOCn1c(-c2ccc(C(F)(F)F)nc2)cc2c(Cl)ccnc21. The van der Waals surface area contributed by atoms with Crippen LogP contribution in [0.3, 0.4) is 0 Å². The van der Waals surface area contributed by atoms with Gasteiger partial charge >= 0.3 is 6.18 Å². The lowest BCUT2D eigenvalue weighted by Crippen LogP contribution is -2.10. The first-order valence-electron chi connectivity index (χ1n) is 8.52.